The maximum absolute atomic E-state index is 13.2. The minimum absolute atomic E-state index is 0.278. The zero-order valence-corrected chi connectivity index (χ0v) is 19.7. The first-order chi connectivity index (χ1) is 16.0. The Kier molecular flexibility index (Phi) is 5.05. The number of fused-ring (bicyclic) bond motifs is 6. The van der Waals surface area contributed by atoms with Gasteiger partial charge in [0.1, 0.15) is 16.0 Å². The molecule has 1 fully saturated rings. The summed E-state index contributed by atoms with van der Waals surface area (Å²) in [6, 6.07) is 8.03. The van der Waals surface area contributed by atoms with Crippen LogP contribution in [0, 0.1) is 5.92 Å². The van der Waals surface area contributed by atoms with Gasteiger partial charge in [0, 0.05) is 38.3 Å². The lowest BCUT2D eigenvalue weighted by molar-refractivity contribution is 0.303. The first-order valence-electron chi connectivity index (χ1n) is 11.1. The number of nitrogens with zero attached hydrogens (tertiary/aromatic N) is 3. The molecule has 170 valence electrons. The Morgan fingerprint density at radius 2 is 2.09 bits per heavy atom. The molecule has 2 atom stereocenters. The quantitative estimate of drug-likeness (QED) is 0.480. The lowest BCUT2D eigenvalue weighted by Crippen LogP contribution is -2.38. The SMILES string of the molecule is COc1cccc2c1CC[C@H]1CN(CCn3c(=O)[nH]c4c(sc5c(Cl)ccnc54)c3=O)C[C@@H]21. The van der Waals surface area contributed by atoms with Crippen LogP contribution in [0.4, 0.5) is 0 Å². The van der Waals surface area contributed by atoms with E-state index in [1.807, 2.05) is 6.07 Å². The number of pyridine rings is 1. The summed E-state index contributed by atoms with van der Waals surface area (Å²) in [6.07, 6.45) is 3.75. The average Bonchev–Trinajstić information content (AvgIpc) is 3.41. The molecule has 4 heterocycles. The Morgan fingerprint density at radius 3 is 2.94 bits per heavy atom. The number of nitrogens with one attached hydrogen (secondary N) is 1. The van der Waals surface area contributed by atoms with Crippen molar-refractivity contribution >= 4 is 43.4 Å². The smallest absolute Gasteiger partial charge is 0.328 e. The second kappa shape index (κ2) is 7.97. The minimum Gasteiger partial charge on any atom is -0.496 e. The number of rotatable bonds is 4. The third kappa shape index (κ3) is 3.31. The summed E-state index contributed by atoms with van der Waals surface area (Å²) in [5.74, 6) is 2.05. The number of halogens is 1. The van der Waals surface area contributed by atoms with Gasteiger partial charge in [0.2, 0.25) is 0 Å². The van der Waals surface area contributed by atoms with E-state index in [9.17, 15) is 9.59 Å². The van der Waals surface area contributed by atoms with Crippen LogP contribution in [0.15, 0.2) is 40.1 Å². The number of ether oxygens (including phenoxy) is 1. The second-order valence-electron chi connectivity index (χ2n) is 8.86. The van der Waals surface area contributed by atoms with Crippen molar-refractivity contribution in [2.75, 3.05) is 26.7 Å². The van der Waals surface area contributed by atoms with Crippen molar-refractivity contribution in [1.82, 2.24) is 19.4 Å². The Hall–Kier alpha value is -2.68. The Labute approximate surface area is 198 Å². The summed E-state index contributed by atoms with van der Waals surface area (Å²) in [5.41, 5.74) is 3.08. The van der Waals surface area contributed by atoms with E-state index in [0.29, 0.717) is 45.7 Å². The van der Waals surface area contributed by atoms with Crippen LogP contribution >= 0.6 is 22.9 Å². The van der Waals surface area contributed by atoms with Gasteiger partial charge in [0.05, 0.1) is 22.3 Å². The van der Waals surface area contributed by atoms with Crippen molar-refractivity contribution in [3.63, 3.8) is 0 Å². The fourth-order valence-electron chi connectivity index (χ4n) is 5.57. The number of H-pyrrole nitrogens is 1. The molecule has 3 aromatic heterocycles. The number of hydrogen-bond acceptors (Lipinski definition) is 6. The highest BCUT2D eigenvalue weighted by Crippen LogP contribution is 2.44. The number of benzene rings is 1. The molecule has 0 spiro atoms. The molecule has 33 heavy (non-hydrogen) atoms. The minimum atomic E-state index is -0.402. The second-order valence-corrected chi connectivity index (χ2v) is 10.3. The number of hydrogen-bond donors (Lipinski definition) is 1. The molecule has 9 heteroatoms. The molecule has 0 bridgehead atoms. The van der Waals surface area contributed by atoms with Gasteiger partial charge in [-0.3, -0.25) is 14.3 Å². The van der Waals surface area contributed by atoms with E-state index < -0.39 is 5.69 Å². The molecule has 0 saturated carbocycles. The Morgan fingerprint density at radius 1 is 1.21 bits per heavy atom. The third-order valence-corrected chi connectivity index (χ3v) is 8.78. The monoisotopic (exact) mass is 482 g/mol. The van der Waals surface area contributed by atoms with Crippen LogP contribution in [-0.4, -0.2) is 46.2 Å². The molecular formula is C24H23ClN4O3S. The van der Waals surface area contributed by atoms with Crippen LogP contribution in [0.25, 0.3) is 20.4 Å². The molecule has 1 aliphatic heterocycles. The largest absolute Gasteiger partial charge is 0.496 e. The number of thiophene rings is 1. The summed E-state index contributed by atoms with van der Waals surface area (Å²) < 4.78 is 8.10. The zero-order chi connectivity index (χ0) is 22.7. The molecule has 0 unspecified atom stereocenters. The van der Waals surface area contributed by atoms with E-state index >= 15 is 0 Å². The van der Waals surface area contributed by atoms with Gasteiger partial charge in [-0.25, -0.2) is 4.79 Å². The molecule has 7 nitrogen and oxygen atoms in total. The van der Waals surface area contributed by atoms with E-state index in [-0.39, 0.29) is 5.56 Å². The van der Waals surface area contributed by atoms with Gasteiger partial charge in [-0.1, -0.05) is 23.7 Å². The first kappa shape index (κ1) is 20.9. The molecule has 2 aliphatic rings. The summed E-state index contributed by atoms with van der Waals surface area (Å²) >= 11 is 7.56. The van der Waals surface area contributed by atoms with Crippen LogP contribution < -0.4 is 16.0 Å². The molecule has 1 N–H and O–H groups in total. The molecular weight excluding hydrogens is 460 g/mol. The van der Waals surface area contributed by atoms with Crippen molar-refractivity contribution < 1.29 is 4.74 Å². The predicted molar refractivity (Wildman–Crippen MR) is 131 cm³/mol. The molecule has 0 amide bonds. The average molecular weight is 483 g/mol. The Bertz CT molecular complexity index is 1510. The van der Waals surface area contributed by atoms with Crippen molar-refractivity contribution in [2.45, 2.75) is 25.3 Å². The molecule has 6 rings (SSSR count). The summed E-state index contributed by atoms with van der Waals surface area (Å²) in [4.78, 5) is 35.5. The molecule has 1 aromatic carbocycles. The van der Waals surface area contributed by atoms with Gasteiger partial charge in [0.25, 0.3) is 5.56 Å². The van der Waals surface area contributed by atoms with Crippen molar-refractivity contribution in [2.24, 2.45) is 5.92 Å². The molecule has 1 aliphatic carbocycles. The first-order valence-corrected chi connectivity index (χ1v) is 12.3. The molecule has 1 saturated heterocycles. The van der Waals surface area contributed by atoms with E-state index in [1.54, 1.807) is 19.4 Å². The predicted octanol–water partition coefficient (Wildman–Crippen LogP) is 3.62. The van der Waals surface area contributed by atoms with Crippen molar-refractivity contribution in [3.05, 3.63) is 67.4 Å². The number of likely N-dealkylation sites (tertiary alicyclic amines) is 1. The van der Waals surface area contributed by atoms with Crippen LogP contribution in [-0.2, 0) is 13.0 Å². The Balaban J connectivity index is 1.26. The summed E-state index contributed by atoms with van der Waals surface area (Å²) in [7, 11) is 1.73. The van der Waals surface area contributed by atoms with E-state index in [1.165, 1.54) is 27.0 Å². The number of aromatic nitrogens is 3. The highest BCUT2D eigenvalue weighted by Gasteiger charge is 2.38. The maximum atomic E-state index is 13.2. The number of aromatic amines is 1. The fourth-order valence-corrected chi connectivity index (χ4v) is 6.90. The van der Waals surface area contributed by atoms with E-state index in [2.05, 4.69) is 27.0 Å². The summed E-state index contributed by atoms with van der Waals surface area (Å²) in [6.45, 7) is 2.93. The van der Waals surface area contributed by atoms with Gasteiger partial charge in [-0.15, -0.1) is 11.3 Å². The fraction of sp³-hybridized carbons (Fsp3) is 0.375. The third-order valence-electron chi connectivity index (χ3n) is 7.15. The van der Waals surface area contributed by atoms with Gasteiger partial charge in [-0.05, 0) is 42.0 Å². The van der Waals surface area contributed by atoms with Gasteiger partial charge in [0.15, 0.2) is 0 Å². The van der Waals surface area contributed by atoms with Crippen LogP contribution in [0.3, 0.4) is 0 Å². The standard InChI is InChI=1S/C24H23ClN4O3S/c1-32-18-4-2-3-14-15(18)6-5-13-11-28(12-16(13)14)9-10-29-23(30)22-20(27-24(29)31)19-21(33-22)17(25)7-8-26-19/h2-4,7-8,13,16H,5-6,9-12H2,1H3,(H,27,31)/t13-,16+/m0/s1. The van der Waals surface area contributed by atoms with Crippen LogP contribution in [0.1, 0.15) is 23.5 Å². The van der Waals surface area contributed by atoms with Gasteiger partial charge in [-0.2, -0.15) is 0 Å². The van der Waals surface area contributed by atoms with Gasteiger partial charge >= 0.3 is 5.69 Å². The lowest BCUT2D eigenvalue weighted by Gasteiger charge is -2.28. The highest BCUT2D eigenvalue weighted by molar-refractivity contribution is 7.26. The highest BCUT2D eigenvalue weighted by atomic mass is 35.5. The van der Waals surface area contributed by atoms with E-state index in [4.69, 9.17) is 16.3 Å². The molecule has 0 radical (unpaired) electrons. The summed E-state index contributed by atoms with van der Waals surface area (Å²) in [5, 5.41) is 0.532. The van der Waals surface area contributed by atoms with Crippen LogP contribution in [0.5, 0.6) is 5.75 Å². The van der Waals surface area contributed by atoms with Crippen molar-refractivity contribution in [3.8, 4) is 5.75 Å². The lowest BCUT2D eigenvalue weighted by atomic mass is 9.77. The zero-order valence-electron chi connectivity index (χ0n) is 18.1. The van der Waals surface area contributed by atoms with Gasteiger partial charge < -0.3 is 14.6 Å². The van der Waals surface area contributed by atoms with Crippen LogP contribution in [0.2, 0.25) is 5.02 Å². The normalized spacial score (nSPS) is 20.3. The van der Waals surface area contributed by atoms with E-state index in [0.717, 1.165) is 36.4 Å². The number of methoxy groups -OCH3 is 1. The van der Waals surface area contributed by atoms with Crippen molar-refractivity contribution in [1.29, 1.82) is 0 Å². The molecule has 4 aromatic rings. The maximum Gasteiger partial charge on any atom is 0.328 e. The topological polar surface area (TPSA) is 80.2 Å².